The van der Waals surface area contributed by atoms with Gasteiger partial charge in [0.1, 0.15) is 0 Å². The molecule has 0 aromatic heterocycles. The molecular formula is C15H29NO. The van der Waals surface area contributed by atoms with Gasteiger partial charge in [0.25, 0.3) is 0 Å². The van der Waals surface area contributed by atoms with Crippen LogP contribution in [0.5, 0.6) is 0 Å². The summed E-state index contributed by atoms with van der Waals surface area (Å²) >= 11 is 0. The molecule has 0 aromatic carbocycles. The summed E-state index contributed by atoms with van der Waals surface area (Å²) in [4.78, 5) is 0. The third kappa shape index (κ3) is 5.39. The van der Waals surface area contributed by atoms with E-state index in [0.717, 1.165) is 31.6 Å². The van der Waals surface area contributed by atoms with Gasteiger partial charge in [-0.1, -0.05) is 32.1 Å². The van der Waals surface area contributed by atoms with Crippen LogP contribution in [0.15, 0.2) is 0 Å². The van der Waals surface area contributed by atoms with Crippen molar-refractivity contribution in [2.45, 2.75) is 57.8 Å². The van der Waals surface area contributed by atoms with E-state index in [0.29, 0.717) is 0 Å². The number of rotatable bonds is 7. The molecule has 0 atom stereocenters. The summed E-state index contributed by atoms with van der Waals surface area (Å²) in [6.45, 7) is 4.17. The molecule has 100 valence electrons. The van der Waals surface area contributed by atoms with Crippen molar-refractivity contribution in [3.8, 4) is 0 Å². The molecule has 2 aliphatic rings. The van der Waals surface area contributed by atoms with Gasteiger partial charge in [0, 0.05) is 13.2 Å². The van der Waals surface area contributed by atoms with Gasteiger partial charge >= 0.3 is 0 Å². The van der Waals surface area contributed by atoms with Gasteiger partial charge in [-0.15, -0.1) is 0 Å². The van der Waals surface area contributed by atoms with E-state index >= 15 is 0 Å². The average Bonchev–Trinajstić information content (AvgIpc) is 2.88. The highest BCUT2D eigenvalue weighted by Gasteiger charge is 2.14. The summed E-state index contributed by atoms with van der Waals surface area (Å²) in [7, 11) is 0. The molecule has 2 rings (SSSR count). The van der Waals surface area contributed by atoms with Gasteiger partial charge in [-0.05, 0) is 44.1 Å². The number of ether oxygens (including phenoxy) is 1. The van der Waals surface area contributed by atoms with Crippen LogP contribution in [0.25, 0.3) is 0 Å². The van der Waals surface area contributed by atoms with Crippen LogP contribution in [-0.2, 0) is 4.74 Å². The molecule has 2 heteroatoms. The summed E-state index contributed by atoms with van der Waals surface area (Å²) in [5.41, 5.74) is 0. The van der Waals surface area contributed by atoms with Gasteiger partial charge in [0.2, 0.25) is 0 Å². The lowest BCUT2D eigenvalue weighted by Crippen LogP contribution is -2.26. The fraction of sp³-hybridized carbons (Fsp3) is 1.00. The molecule has 2 nitrogen and oxygen atoms in total. The van der Waals surface area contributed by atoms with Crippen molar-refractivity contribution in [2.75, 3.05) is 26.3 Å². The highest BCUT2D eigenvalue weighted by Crippen LogP contribution is 2.24. The lowest BCUT2D eigenvalue weighted by Gasteiger charge is -2.21. The summed E-state index contributed by atoms with van der Waals surface area (Å²) in [5.74, 6) is 1.81. The summed E-state index contributed by atoms with van der Waals surface area (Å²) < 4.78 is 5.78. The Kier molecular flexibility index (Phi) is 6.36. The molecule has 0 bridgehead atoms. The predicted octanol–water partition coefficient (Wildman–Crippen LogP) is 3.36. The van der Waals surface area contributed by atoms with Gasteiger partial charge in [0.15, 0.2) is 0 Å². The average molecular weight is 239 g/mol. The van der Waals surface area contributed by atoms with E-state index in [2.05, 4.69) is 5.32 Å². The largest absolute Gasteiger partial charge is 0.380 e. The molecule has 0 radical (unpaired) electrons. The number of hydrogen-bond donors (Lipinski definition) is 1. The molecule has 0 aromatic rings. The lowest BCUT2D eigenvalue weighted by molar-refractivity contribution is 0.0866. The molecule has 0 heterocycles. The van der Waals surface area contributed by atoms with E-state index in [1.165, 1.54) is 64.3 Å². The second kappa shape index (κ2) is 8.10. The first kappa shape index (κ1) is 13.4. The van der Waals surface area contributed by atoms with Gasteiger partial charge in [-0.3, -0.25) is 0 Å². The second-order valence-electron chi connectivity index (χ2n) is 5.93. The van der Waals surface area contributed by atoms with Crippen LogP contribution in [0.4, 0.5) is 0 Å². The van der Waals surface area contributed by atoms with Crippen LogP contribution < -0.4 is 5.32 Å². The van der Waals surface area contributed by atoms with E-state index in [9.17, 15) is 0 Å². The third-order valence-corrected chi connectivity index (χ3v) is 4.41. The smallest absolute Gasteiger partial charge is 0.0591 e. The Morgan fingerprint density at radius 3 is 2.24 bits per heavy atom. The zero-order valence-electron chi connectivity index (χ0n) is 11.3. The quantitative estimate of drug-likeness (QED) is 0.688. The van der Waals surface area contributed by atoms with E-state index < -0.39 is 0 Å². The second-order valence-corrected chi connectivity index (χ2v) is 5.93. The van der Waals surface area contributed by atoms with Crippen LogP contribution in [0.3, 0.4) is 0 Å². The summed E-state index contributed by atoms with van der Waals surface area (Å²) in [6.07, 6.45) is 12.9. The first-order valence-electron chi connectivity index (χ1n) is 7.73. The standard InChI is InChI=1S/C15H29NO/c1-2-8-15(9-3-1)13-17-11-10-16-12-14-6-4-5-7-14/h14-16H,1-13H2. The fourth-order valence-electron chi connectivity index (χ4n) is 3.27. The maximum absolute atomic E-state index is 5.78. The van der Waals surface area contributed by atoms with Crippen molar-refractivity contribution in [3.05, 3.63) is 0 Å². The maximum atomic E-state index is 5.78. The van der Waals surface area contributed by atoms with Crippen molar-refractivity contribution in [2.24, 2.45) is 11.8 Å². The van der Waals surface area contributed by atoms with Crippen LogP contribution >= 0.6 is 0 Å². The Morgan fingerprint density at radius 2 is 1.47 bits per heavy atom. The molecule has 1 N–H and O–H groups in total. The zero-order valence-corrected chi connectivity index (χ0v) is 11.3. The Bertz CT molecular complexity index is 183. The fourth-order valence-corrected chi connectivity index (χ4v) is 3.27. The SMILES string of the molecule is C1CCC(COCCNCC2CCCC2)CC1. The minimum absolute atomic E-state index is 0.860. The van der Waals surface area contributed by atoms with Gasteiger partial charge < -0.3 is 10.1 Å². The van der Waals surface area contributed by atoms with Crippen molar-refractivity contribution < 1.29 is 4.74 Å². The van der Waals surface area contributed by atoms with Crippen LogP contribution in [0, 0.1) is 11.8 Å². The first-order chi connectivity index (χ1) is 8.45. The van der Waals surface area contributed by atoms with Crippen LogP contribution in [0.2, 0.25) is 0 Å². The number of hydrogen-bond acceptors (Lipinski definition) is 2. The van der Waals surface area contributed by atoms with Crippen LogP contribution in [-0.4, -0.2) is 26.3 Å². The Hall–Kier alpha value is -0.0800. The van der Waals surface area contributed by atoms with Crippen molar-refractivity contribution >= 4 is 0 Å². The first-order valence-corrected chi connectivity index (χ1v) is 7.73. The highest BCUT2D eigenvalue weighted by molar-refractivity contribution is 4.69. The van der Waals surface area contributed by atoms with E-state index in [4.69, 9.17) is 4.74 Å². The van der Waals surface area contributed by atoms with Crippen molar-refractivity contribution in [1.82, 2.24) is 5.32 Å². The van der Waals surface area contributed by atoms with E-state index in [1.54, 1.807) is 0 Å². The Balaban J connectivity index is 1.38. The Morgan fingerprint density at radius 1 is 0.824 bits per heavy atom. The zero-order chi connectivity index (χ0) is 11.8. The van der Waals surface area contributed by atoms with Gasteiger partial charge in [0.05, 0.1) is 6.61 Å². The molecule has 2 fully saturated rings. The van der Waals surface area contributed by atoms with Crippen LogP contribution in [0.1, 0.15) is 57.8 Å². The molecule has 2 aliphatic carbocycles. The molecule has 0 unspecified atom stereocenters. The monoisotopic (exact) mass is 239 g/mol. The third-order valence-electron chi connectivity index (χ3n) is 4.41. The van der Waals surface area contributed by atoms with E-state index in [1.807, 2.05) is 0 Å². The van der Waals surface area contributed by atoms with Crippen molar-refractivity contribution in [3.63, 3.8) is 0 Å². The molecule has 0 amide bonds. The lowest BCUT2D eigenvalue weighted by atomic mass is 9.90. The topological polar surface area (TPSA) is 21.3 Å². The molecule has 0 aliphatic heterocycles. The van der Waals surface area contributed by atoms with Crippen molar-refractivity contribution in [1.29, 1.82) is 0 Å². The maximum Gasteiger partial charge on any atom is 0.0591 e. The van der Waals surface area contributed by atoms with Gasteiger partial charge in [-0.2, -0.15) is 0 Å². The minimum Gasteiger partial charge on any atom is -0.380 e. The normalized spacial score (nSPS) is 23.3. The number of nitrogens with one attached hydrogen (secondary N) is 1. The minimum atomic E-state index is 0.860. The molecular weight excluding hydrogens is 210 g/mol. The summed E-state index contributed by atoms with van der Waals surface area (Å²) in [5, 5.41) is 3.54. The summed E-state index contributed by atoms with van der Waals surface area (Å²) in [6, 6.07) is 0. The molecule has 0 spiro atoms. The molecule has 17 heavy (non-hydrogen) atoms. The predicted molar refractivity (Wildman–Crippen MR) is 72.2 cm³/mol. The van der Waals surface area contributed by atoms with Gasteiger partial charge in [-0.25, -0.2) is 0 Å². The highest BCUT2D eigenvalue weighted by atomic mass is 16.5. The molecule has 2 saturated carbocycles. The Labute approximate surface area is 107 Å². The molecule has 0 saturated heterocycles. The van der Waals surface area contributed by atoms with E-state index in [-0.39, 0.29) is 0 Å².